The maximum Gasteiger partial charge on any atom is 0.407 e. The van der Waals surface area contributed by atoms with Crippen molar-refractivity contribution >= 4 is 33.5 Å². The van der Waals surface area contributed by atoms with Gasteiger partial charge in [-0.05, 0) is 55.0 Å². The van der Waals surface area contributed by atoms with Crippen LogP contribution in [0.2, 0.25) is 0 Å². The molecule has 6 nitrogen and oxygen atoms in total. The van der Waals surface area contributed by atoms with Crippen molar-refractivity contribution in [2.24, 2.45) is 5.92 Å². The molecule has 0 saturated heterocycles. The second-order valence-electron chi connectivity index (χ2n) is 9.94. The van der Waals surface area contributed by atoms with Gasteiger partial charge in [0.05, 0.1) is 12.1 Å². The van der Waals surface area contributed by atoms with Crippen LogP contribution in [0.1, 0.15) is 44.7 Å². The lowest BCUT2D eigenvalue weighted by molar-refractivity contribution is -0.161. The van der Waals surface area contributed by atoms with Gasteiger partial charge in [0.15, 0.2) is 0 Å². The number of carbonyl (C=O) groups excluding carboxylic acids is 1. The fraction of sp³-hybridized carbons (Fsp3) is 0.462. The molecule has 0 radical (unpaired) electrons. The average Bonchev–Trinajstić information content (AvgIpc) is 3.46. The Morgan fingerprint density at radius 1 is 1.14 bits per heavy atom. The van der Waals surface area contributed by atoms with Crippen LogP contribution in [0.3, 0.4) is 0 Å². The lowest BCUT2D eigenvalue weighted by Gasteiger charge is -2.29. The van der Waals surface area contributed by atoms with E-state index < -0.39 is 29.7 Å². The van der Waals surface area contributed by atoms with Gasteiger partial charge in [-0.2, -0.15) is 18.4 Å². The van der Waals surface area contributed by atoms with Crippen molar-refractivity contribution < 1.29 is 22.4 Å². The van der Waals surface area contributed by atoms with Crippen LogP contribution in [0.25, 0.3) is 21.9 Å². The highest BCUT2D eigenvalue weighted by molar-refractivity contribution is 6.06. The van der Waals surface area contributed by atoms with Crippen molar-refractivity contribution in [3.8, 4) is 6.07 Å². The van der Waals surface area contributed by atoms with Crippen LogP contribution < -0.4 is 15.5 Å². The summed E-state index contributed by atoms with van der Waals surface area (Å²) >= 11 is 0. The largest absolute Gasteiger partial charge is 0.456 e. The maximum atomic E-state index is 14.2. The smallest absolute Gasteiger partial charge is 0.407 e. The molecule has 1 heterocycles. The molecule has 1 amide bonds. The lowest BCUT2D eigenvalue weighted by atomic mass is 9.98. The predicted octanol–water partition coefficient (Wildman–Crippen LogP) is 5.43. The number of hydrogen-bond acceptors (Lipinski definition) is 5. The monoisotopic (exact) mass is 486 g/mol. The quantitative estimate of drug-likeness (QED) is 0.444. The number of nitrogens with zero attached hydrogens (tertiary/aromatic N) is 2. The van der Waals surface area contributed by atoms with Gasteiger partial charge in [0.1, 0.15) is 22.7 Å². The van der Waals surface area contributed by atoms with E-state index in [0.29, 0.717) is 24.0 Å². The van der Waals surface area contributed by atoms with Gasteiger partial charge in [-0.15, -0.1) is 0 Å². The van der Waals surface area contributed by atoms with Gasteiger partial charge in [0, 0.05) is 30.6 Å². The minimum atomic E-state index is -4.65. The minimum absolute atomic E-state index is 0.0341. The molecule has 1 aliphatic rings. The fourth-order valence-electron chi connectivity index (χ4n) is 4.26. The summed E-state index contributed by atoms with van der Waals surface area (Å²) in [5, 5.41) is 16.0. The van der Waals surface area contributed by atoms with Crippen LogP contribution in [0, 0.1) is 17.2 Å². The number of nitriles is 1. The van der Waals surface area contributed by atoms with Crippen LogP contribution >= 0.6 is 0 Å². The number of fused-ring (bicyclic) bond motifs is 3. The second kappa shape index (κ2) is 9.08. The zero-order valence-electron chi connectivity index (χ0n) is 20.2. The van der Waals surface area contributed by atoms with Gasteiger partial charge < -0.3 is 14.6 Å². The van der Waals surface area contributed by atoms with E-state index in [9.17, 15) is 23.2 Å². The van der Waals surface area contributed by atoms with E-state index in [4.69, 9.17) is 4.42 Å². The highest BCUT2D eigenvalue weighted by Crippen LogP contribution is 2.38. The molecule has 1 aliphatic carbocycles. The van der Waals surface area contributed by atoms with Gasteiger partial charge in [0.2, 0.25) is 5.91 Å². The summed E-state index contributed by atoms with van der Waals surface area (Å²) in [6.45, 7) is 3.67. The Kier molecular flexibility index (Phi) is 6.45. The molecule has 0 spiro atoms. The van der Waals surface area contributed by atoms with Crippen LogP contribution in [0.4, 0.5) is 18.9 Å². The van der Waals surface area contributed by atoms with E-state index >= 15 is 0 Å². The number of alkyl halides is 3. The summed E-state index contributed by atoms with van der Waals surface area (Å²) in [5.41, 5.74) is 0.881. The Morgan fingerprint density at radius 2 is 1.86 bits per heavy atom. The van der Waals surface area contributed by atoms with E-state index in [2.05, 4.69) is 16.7 Å². The molecule has 9 heteroatoms. The Hall–Kier alpha value is -3.25. The molecule has 1 aromatic heterocycles. The Balaban J connectivity index is 1.68. The molecule has 1 fully saturated rings. The predicted molar refractivity (Wildman–Crippen MR) is 129 cm³/mol. The third-order valence-corrected chi connectivity index (χ3v) is 6.37. The van der Waals surface area contributed by atoms with Crippen molar-refractivity contribution in [3.63, 3.8) is 0 Å². The first-order chi connectivity index (χ1) is 16.4. The molecule has 0 bridgehead atoms. The minimum Gasteiger partial charge on any atom is -0.456 e. The molecule has 3 aromatic rings. The first kappa shape index (κ1) is 24.9. The molecule has 2 N–H and O–H groups in total. The number of hydrogen-bond donors (Lipinski definition) is 2. The Bertz CT molecular complexity index is 1290. The highest BCUT2D eigenvalue weighted by Gasteiger charge is 2.47. The van der Waals surface area contributed by atoms with Gasteiger partial charge in [-0.1, -0.05) is 26.0 Å². The van der Waals surface area contributed by atoms with E-state index in [1.807, 2.05) is 45.0 Å². The lowest BCUT2D eigenvalue weighted by Crippen LogP contribution is -2.52. The van der Waals surface area contributed by atoms with Crippen molar-refractivity contribution in [2.75, 3.05) is 19.0 Å². The number of halogens is 3. The summed E-state index contributed by atoms with van der Waals surface area (Å²) in [5.74, 6) is -0.624. The number of furan rings is 1. The Labute approximate surface area is 202 Å². The molecule has 0 aliphatic heterocycles. The molecule has 186 valence electrons. The number of anilines is 1. The summed E-state index contributed by atoms with van der Waals surface area (Å²) in [4.78, 5) is 14.8. The number of nitrogens with one attached hydrogen (secondary N) is 2. The van der Waals surface area contributed by atoms with E-state index in [0.717, 1.165) is 16.5 Å². The standard InChI is InChI=1S/C26H29F3N4O2/c1-15(2)11-20(24(34)32-25(14-30)9-10-25)31-23(26(27,28)29)16-5-7-18-19-13-17(33(3)4)6-8-21(19)35-22(18)12-16/h5-8,12-13,15,20,23,31H,9-11H2,1-4H3,(H,32,34)/t20-,23?/m0/s1. The number of amides is 1. The van der Waals surface area contributed by atoms with Crippen LogP contribution in [-0.2, 0) is 4.79 Å². The maximum absolute atomic E-state index is 14.2. The average molecular weight is 487 g/mol. The summed E-state index contributed by atoms with van der Waals surface area (Å²) in [7, 11) is 3.82. The third kappa shape index (κ3) is 5.22. The van der Waals surface area contributed by atoms with Gasteiger partial charge in [-0.25, -0.2) is 0 Å². The molecule has 1 unspecified atom stereocenters. The highest BCUT2D eigenvalue weighted by atomic mass is 19.4. The van der Waals surface area contributed by atoms with E-state index in [1.165, 1.54) is 12.1 Å². The Morgan fingerprint density at radius 3 is 2.43 bits per heavy atom. The molecule has 4 rings (SSSR count). The van der Waals surface area contributed by atoms with E-state index in [-0.39, 0.29) is 17.9 Å². The zero-order valence-corrected chi connectivity index (χ0v) is 20.2. The van der Waals surface area contributed by atoms with Gasteiger partial charge >= 0.3 is 6.18 Å². The van der Waals surface area contributed by atoms with Crippen LogP contribution in [-0.4, -0.2) is 37.8 Å². The molecule has 1 saturated carbocycles. The number of rotatable bonds is 8. The first-order valence-corrected chi connectivity index (χ1v) is 11.6. The topological polar surface area (TPSA) is 81.3 Å². The summed E-state index contributed by atoms with van der Waals surface area (Å²) in [6, 6.07) is 8.92. The fourth-order valence-corrected chi connectivity index (χ4v) is 4.26. The van der Waals surface area contributed by atoms with Gasteiger partial charge in [-0.3, -0.25) is 10.1 Å². The molecule has 2 atom stereocenters. The molecule has 35 heavy (non-hydrogen) atoms. The van der Waals surface area contributed by atoms with E-state index in [1.54, 1.807) is 12.1 Å². The molecular formula is C26H29F3N4O2. The second-order valence-corrected chi connectivity index (χ2v) is 9.94. The van der Waals surface area contributed by atoms with Gasteiger partial charge in [0.25, 0.3) is 0 Å². The zero-order chi connectivity index (χ0) is 25.5. The molecular weight excluding hydrogens is 457 g/mol. The van der Waals surface area contributed by atoms with Crippen LogP contribution in [0.5, 0.6) is 0 Å². The summed E-state index contributed by atoms with van der Waals surface area (Å²) < 4.78 is 48.6. The van der Waals surface area contributed by atoms with Crippen molar-refractivity contribution in [1.29, 1.82) is 5.26 Å². The third-order valence-electron chi connectivity index (χ3n) is 6.37. The SMILES string of the molecule is CC(C)C[C@H](NC(c1ccc2c(c1)oc1ccc(N(C)C)cc12)C(F)(F)F)C(=O)NC1(C#N)CC1. The normalized spacial score (nSPS) is 16.8. The summed E-state index contributed by atoms with van der Waals surface area (Å²) in [6.07, 6.45) is -3.45. The van der Waals surface area contributed by atoms with Crippen molar-refractivity contribution in [1.82, 2.24) is 10.6 Å². The molecule has 2 aromatic carbocycles. The van der Waals surface area contributed by atoms with Crippen LogP contribution in [0.15, 0.2) is 40.8 Å². The van der Waals surface area contributed by atoms with Crippen molar-refractivity contribution in [3.05, 3.63) is 42.0 Å². The number of benzene rings is 2. The number of carbonyl (C=O) groups is 1. The van der Waals surface area contributed by atoms with Crippen molar-refractivity contribution in [2.45, 2.75) is 56.9 Å². The first-order valence-electron chi connectivity index (χ1n) is 11.6.